The fraction of sp³-hybridized carbons (Fsp3) is 0.444. The van der Waals surface area contributed by atoms with Gasteiger partial charge in [0.1, 0.15) is 5.84 Å². The van der Waals surface area contributed by atoms with Gasteiger partial charge in [-0.1, -0.05) is 17.7 Å². The molecule has 0 aliphatic carbocycles. The molecule has 4 heteroatoms. The fourth-order valence-electron chi connectivity index (χ4n) is 3.41. The Balaban J connectivity index is 2.50. The number of carbonyl (C=O) groups is 1. The molecule has 0 amide bonds. The molecule has 0 unspecified atom stereocenters. The van der Waals surface area contributed by atoms with E-state index in [9.17, 15) is 4.79 Å². The molecular formula is C18H25N3O. The van der Waals surface area contributed by atoms with Crippen LogP contribution in [0, 0.1) is 26.2 Å². The third kappa shape index (κ3) is 2.91. The SMILES string of the molecule is CN/C(C(C)=O)=C1/CCCN(c2c(C)cc(C)cc2C)C1=N. The molecule has 0 radical (unpaired) electrons. The highest BCUT2D eigenvalue weighted by Gasteiger charge is 2.27. The zero-order valence-corrected chi connectivity index (χ0v) is 14.1. The van der Waals surface area contributed by atoms with Crippen LogP contribution in [0.1, 0.15) is 36.5 Å². The fourth-order valence-corrected chi connectivity index (χ4v) is 3.41. The molecule has 0 bridgehead atoms. The number of piperidine rings is 1. The van der Waals surface area contributed by atoms with E-state index in [0.717, 1.165) is 30.6 Å². The smallest absolute Gasteiger partial charge is 0.176 e. The van der Waals surface area contributed by atoms with Crippen LogP contribution in [0.15, 0.2) is 23.4 Å². The van der Waals surface area contributed by atoms with E-state index in [-0.39, 0.29) is 5.78 Å². The van der Waals surface area contributed by atoms with Gasteiger partial charge in [-0.25, -0.2) is 0 Å². The van der Waals surface area contributed by atoms with E-state index >= 15 is 0 Å². The predicted molar refractivity (Wildman–Crippen MR) is 91.7 cm³/mol. The Kier molecular flexibility index (Phi) is 4.69. The summed E-state index contributed by atoms with van der Waals surface area (Å²) in [5, 5.41) is 11.6. The minimum atomic E-state index is -0.0125. The third-order valence-electron chi connectivity index (χ3n) is 4.17. The monoisotopic (exact) mass is 299 g/mol. The second-order valence-corrected chi connectivity index (χ2v) is 6.01. The Morgan fingerprint density at radius 2 is 1.82 bits per heavy atom. The first-order chi connectivity index (χ1) is 10.4. The average Bonchev–Trinajstić information content (AvgIpc) is 2.41. The van der Waals surface area contributed by atoms with Gasteiger partial charge in [-0.05, 0) is 44.7 Å². The Hall–Kier alpha value is -2.10. The number of carbonyl (C=O) groups excluding carboxylic acids is 1. The maximum absolute atomic E-state index is 11.8. The van der Waals surface area contributed by atoms with E-state index in [1.807, 2.05) is 4.90 Å². The number of nitrogens with zero attached hydrogens (tertiary/aromatic N) is 1. The van der Waals surface area contributed by atoms with Gasteiger partial charge in [0.05, 0.1) is 5.70 Å². The van der Waals surface area contributed by atoms with Gasteiger partial charge in [-0.15, -0.1) is 0 Å². The van der Waals surface area contributed by atoms with Gasteiger partial charge in [0.2, 0.25) is 0 Å². The molecule has 2 rings (SSSR count). The molecule has 4 nitrogen and oxygen atoms in total. The summed E-state index contributed by atoms with van der Waals surface area (Å²) >= 11 is 0. The van der Waals surface area contributed by atoms with Gasteiger partial charge < -0.3 is 10.2 Å². The Morgan fingerprint density at radius 3 is 2.32 bits per heavy atom. The van der Waals surface area contributed by atoms with Crippen molar-refractivity contribution in [2.24, 2.45) is 0 Å². The molecule has 22 heavy (non-hydrogen) atoms. The summed E-state index contributed by atoms with van der Waals surface area (Å²) in [6.07, 6.45) is 1.72. The van der Waals surface area contributed by atoms with Crippen molar-refractivity contribution in [1.29, 1.82) is 5.41 Å². The highest BCUT2D eigenvalue weighted by atomic mass is 16.1. The van der Waals surface area contributed by atoms with Crippen LogP contribution in [-0.2, 0) is 4.79 Å². The lowest BCUT2D eigenvalue weighted by molar-refractivity contribution is -0.113. The summed E-state index contributed by atoms with van der Waals surface area (Å²) in [6, 6.07) is 4.30. The molecule has 0 atom stereocenters. The lowest BCUT2D eigenvalue weighted by atomic mass is 9.96. The van der Waals surface area contributed by atoms with Gasteiger partial charge in [-0.3, -0.25) is 10.2 Å². The number of allylic oxidation sites excluding steroid dienone is 1. The number of hydrogen-bond acceptors (Lipinski definition) is 3. The number of benzene rings is 1. The van der Waals surface area contributed by atoms with Gasteiger partial charge in [-0.2, -0.15) is 0 Å². The van der Waals surface area contributed by atoms with Gasteiger partial charge in [0.15, 0.2) is 5.78 Å². The van der Waals surface area contributed by atoms with Crippen molar-refractivity contribution in [3.8, 4) is 0 Å². The molecule has 1 aliphatic heterocycles. The molecule has 1 aromatic carbocycles. The number of Topliss-reactive ketones (excluding diaryl/α,β-unsaturated/α-hetero) is 1. The minimum Gasteiger partial charge on any atom is -0.385 e. The van der Waals surface area contributed by atoms with Crippen molar-refractivity contribution in [1.82, 2.24) is 5.32 Å². The van der Waals surface area contributed by atoms with E-state index in [1.165, 1.54) is 16.7 Å². The topological polar surface area (TPSA) is 56.2 Å². The van der Waals surface area contributed by atoms with Gasteiger partial charge >= 0.3 is 0 Å². The largest absolute Gasteiger partial charge is 0.385 e. The zero-order valence-electron chi connectivity index (χ0n) is 14.1. The normalized spacial score (nSPS) is 17.5. The van der Waals surface area contributed by atoms with Crippen molar-refractivity contribution in [3.63, 3.8) is 0 Å². The summed E-state index contributed by atoms with van der Waals surface area (Å²) < 4.78 is 0. The molecule has 1 fully saturated rings. The van der Waals surface area contributed by atoms with Crippen LogP contribution in [-0.4, -0.2) is 25.2 Å². The van der Waals surface area contributed by atoms with Crippen molar-refractivity contribution in [2.75, 3.05) is 18.5 Å². The first-order valence-electron chi connectivity index (χ1n) is 7.73. The first kappa shape index (κ1) is 16.3. The van der Waals surface area contributed by atoms with Crippen LogP contribution in [0.2, 0.25) is 0 Å². The molecule has 118 valence electrons. The quantitative estimate of drug-likeness (QED) is 0.842. The standard InChI is InChI=1S/C18H25N3O/c1-11-9-12(2)17(13(3)10-11)21-8-6-7-15(18(21)19)16(20-5)14(4)22/h9-10,19-20H,6-8H2,1-5H3/b16-15-,19-18?. The number of likely N-dealkylation sites (N-methyl/N-ethyl adjacent to an activating group) is 1. The van der Waals surface area contributed by atoms with E-state index in [4.69, 9.17) is 5.41 Å². The second kappa shape index (κ2) is 6.34. The second-order valence-electron chi connectivity index (χ2n) is 6.01. The van der Waals surface area contributed by atoms with Gasteiger partial charge in [0.25, 0.3) is 0 Å². The van der Waals surface area contributed by atoms with Crippen molar-refractivity contribution >= 4 is 17.3 Å². The predicted octanol–water partition coefficient (Wildman–Crippen LogP) is 3.25. The molecule has 1 heterocycles. The van der Waals surface area contributed by atoms with Gasteiger partial charge in [0, 0.05) is 31.8 Å². The molecule has 2 N–H and O–H groups in total. The van der Waals surface area contributed by atoms with Crippen LogP contribution in [0.25, 0.3) is 0 Å². The third-order valence-corrected chi connectivity index (χ3v) is 4.17. The number of anilines is 1. The number of rotatable bonds is 3. The highest BCUT2D eigenvalue weighted by molar-refractivity contribution is 6.13. The van der Waals surface area contributed by atoms with E-state index in [1.54, 1.807) is 14.0 Å². The molecule has 0 saturated carbocycles. The van der Waals surface area contributed by atoms with Crippen LogP contribution in [0.4, 0.5) is 5.69 Å². The van der Waals surface area contributed by atoms with Crippen LogP contribution >= 0.6 is 0 Å². The number of aryl methyl sites for hydroxylation is 3. The molecule has 1 aliphatic rings. The van der Waals surface area contributed by atoms with Crippen LogP contribution < -0.4 is 10.2 Å². The number of hydrogen-bond donors (Lipinski definition) is 2. The Bertz CT molecular complexity index is 635. The van der Waals surface area contributed by atoms with E-state index in [2.05, 4.69) is 38.2 Å². The molecule has 0 aromatic heterocycles. The van der Waals surface area contributed by atoms with Crippen molar-refractivity contribution < 1.29 is 4.79 Å². The molecule has 1 saturated heterocycles. The summed E-state index contributed by atoms with van der Waals surface area (Å²) in [5.41, 5.74) is 6.08. The maximum Gasteiger partial charge on any atom is 0.176 e. The summed E-state index contributed by atoms with van der Waals surface area (Å²) in [5.74, 6) is 0.433. The summed E-state index contributed by atoms with van der Waals surface area (Å²) in [6.45, 7) is 8.63. The van der Waals surface area contributed by atoms with Crippen LogP contribution in [0.5, 0.6) is 0 Å². The van der Waals surface area contributed by atoms with E-state index < -0.39 is 0 Å². The maximum atomic E-state index is 11.8. The zero-order chi connectivity index (χ0) is 16.4. The average molecular weight is 299 g/mol. The van der Waals surface area contributed by atoms with Crippen molar-refractivity contribution in [3.05, 3.63) is 40.1 Å². The number of ketones is 1. The molecular weight excluding hydrogens is 274 g/mol. The molecule has 0 spiro atoms. The lowest BCUT2D eigenvalue weighted by Crippen LogP contribution is -2.39. The Labute approximate surface area is 132 Å². The van der Waals surface area contributed by atoms with E-state index in [0.29, 0.717) is 11.5 Å². The lowest BCUT2D eigenvalue weighted by Gasteiger charge is -2.34. The highest BCUT2D eigenvalue weighted by Crippen LogP contribution is 2.31. The summed E-state index contributed by atoms with van der Waals surface area (Å²) in [4.78, 5) is 13.9. The summed E-state index contributed by atoms with van der Waals surface area (Å²) in [7, 11) is 1.75. The number of amidine groups is 1. The first-order valence-corrected chi connectivity index (χ1v) is 7.73. The molecule has 1 aromatic rings. The minimum absolute atomic E-state index is 0.0125. The number of nitrogens with one attached hydrogen (secondary N) is 2. The Morgan fingerprint density at radius 1 is 1.23 bits per heavy atom. The van der Waals surface area contributed by atoms with Crippen molar-refractivity contribution in [2.45, 2.75) is 40.5 Å². The van der Waals surface area contributed by atoms with Crippen LogP contribution in [0.3, 0.4) is 0 Å².